The van der Waals surface area contributed by atoms with Crippen LogP contribution in [-0.2, 0) is 16.6 Å². The Hall–Kier alpha value is -1.84. The molecule has 3 heterocycles. The summed E-state index contributed by atoms with van der Waals surface area (Å²) in [5.41, 5.74) is 3.37. The summed E-state index contributed by atoms with van der Waals surface area (Å²) in [7, 11) is -0.233. The second-order valence-electron chi connectivity index (χ2n) is 6.65. The number of aryl methyl sites for hydroxylation is 1. The molecule has 136 valence electrons. The highest BCUT2D eigenvalue weighted by Gasteiger charge is 2.31. The average Bonchev–Trinajstić information content (AvgIpc) is 3.02. The first-order valence-corrected chi connectivity index (χ1v) is 9.77. The fourth-order valence-electron chi connectivity index (χ4n) is 3.18. The summed E-state index contributed by atoms with van der Waals surface area (Å²) in [6.07, 6.45) is 5.86. The lowest BCUT2D eigenvalue weighted by molar-refractivity contribution is 0.253. The van der Waals surface area contributed by atoms with E-state index >= 15 is 0 Å². The van der Waals surface area contributed by atoms with Crippen LogP contribution in [0.5, 0.6) is 0 Å². The normalized spacial score (nSPS) is 19.4. The number of nitrogens with one attached hydrogen (secondary N) is 1. The van der Waals surface area contributed by atoms with Crippen molar-refractivity contribution in [3.63, 3.8) is 0 Å². The minimum Gasteiger partial charge on any atom is -0.282 e. The molecule has 1 atom stereocenters. The Morgan fingerprint density at radius 3 is 2.76 bits per heavy atom. The van der Waals surface area contributed by atoms with Crippen molar-refractivity contribution in [1.29, 1.82) is 0 Å². The van der Waals surface area contributed by atoms with E-state index in [-0.39, 0.29) is 5.92 Å². The maximum Gasteiger partial charge on any atom is 0.281 e. The molecular weight excluding hydrogens is 340 g/mol. The van der Waals surface area contributed by atoms with Crippen molar-refractivity contribution in [1.82, 2.24) is 28.8 Å². The maximum atomic E-state index is 12.4. The molecule has 3 rings (SSSR count). The van der Waals surface area contributed by atoms with Crippen molar-refractivity contribution >= 4 is 10.2 Å². The Bertz CT molecular complexity index is 833. The summed E-state index contributed by atoms with van der Waals surface area (Å²) in [5.74, 6) is 0.221. The van der Waals surface area contributed by atoms with Crippen molar-refractivity contribution < 1.29 is 8.42 Å². The van der Waals surface area contributed by atoms with Crippen molar-refractivity contribution in [3.05, 3.63) is 29.8 Å². The van der Waals surface area contributed by atoms with Gasteiger partial charge in [-0.1, -0.05) is 0 Å². The predicted octanol–water partition coefficient (Wildman–Crippen LogP) is 1.24. The summed E-state index contributed by atoms with van der Waals surface area (Å²) in [5, 5.41) is 7.20. The summed E-state index contributed by atoms with van der Waals surface area (Å²) >= 11 is 0. The van der Waals surface area contributed by atoms with Gasteiger partial charge in [0.25, 0.3) is 10.2 Å². The van der Waals surface area contributed by atoms with Gasteiger partial charge in [0.05, 0.1) is 5.69 Å². The highest BCUT2D eigenvalue weighted by atomic mass is 32.2. The Kier molecular flexibility index (Phi) is 5.16. The lowest BCUT2D eigenvalue weighted by Crippen LogP contribution is -2.45. The molecule has 2 aromatic rings. The third-order valence-electron chi connectivity index (χ3n) is 4.47. The fraction of sp³-hybridized carbons (Fsp3) is 0.562. The molecule has 0 spiro atoms. The first-order chi connectivity index (χ1) is 11.9. The van der Waals surface area contributed by atoms with E-state index in [9.17, 15) is 8.42 Å². The van der Waals surface area contributed by atoms with Crippen LogP contribution in [0, 0.1) is 12.8 Å². The smallest absolute Gasteiger partial charge is 0.281 e. The molecule has 0 saturated carbocycles. The van der Waals surface area contributed by atoms with Gasteiger partial charge in [-0.15, -0.1) is 0 Å². The van der Waals surface area contributed by atoms with Crippen LogP contribution in [0.25, 0.3) is 11.4 Å². The summed E-state index contributed by atoms with van der Waals surface area (Å²) in [6, 6.07) is 1.94. The van der Waals surface area contributed by atoms with Crippen molar-refractivity contribution in [3.8, 4) is 11.4 Å². The zero-order chi connectivity index (χ0) is 18.0. The van der Waals surface area contributed by atoms with Crippen LogP contribution < -0.4 is 0 Å². The number of aromatic amines is 1. The van der Waals surface area contributed by atoms with Gasteiger partial charge in [-0.05, 0) is 38.2 Å². The lowest BCUT2D eigenvalue weighted by atomic mass is 9.93. The Labute approximate surface area is 148 Å². The van der Waals surface area contributed by atoms with Gasteiger partial charge in [-0.2, -0.15) is 22.1 Å². The van der Waals surface area contributed by atoms with E-state index in [0.29, 0.717) is 19.5 Å². The van der Waals surface area contributed by atoms with Gasteiger partial charge in [0.2, 0.25) is 0 Å². The molecule has 1 aliphatic rings. The van der Waals surface area contributed by atoms with Crippen LogP contribution in [0.3, 0.4) is 0 Å². The Balaban J connectivity index is 1.79. The third kappa shape index (κ3) is 3.88. The molecule has 9 heteroatoms. The van der Waals surface area contributed by atoms with E-state index < -0.39 is 10.2 Å². The van der Waals surface area contributed by atoms with Gasteiger partial charge in [0.1, 0.15) is 11.4 Å². The van der Waals surface area contributed by atoms with E-state index in [4.69, 9.17) is 0 Å². The molecule has 2 aromatic heterocycles. The molecule has 8 nitrogen and oxygen atoms in total. The summed E-state index contributed by atoms with van der Waals surface area (Å²) in [6.45, 7) is 3.02. The number of nitrogens with zero attached hydrogens (tertiary/aromatic N) is 5. The first kappa shape index (κ1) is 18.0. The molecule has 0 aliphatic carbocycles. The lowest BCUT2D eigenvalue weighted by Gasteiger charge is -2.33. The number of hydrogen-bond acceptors (Lipinski definition) is 5. The SMILES string of the molecule is Cc1cc(-c2nccnc2C[C@@H]2CCCN(S(=O)(=O)N(C)C)C2)n[nH]1. The fourth-order valence-corrected chi connectivity index (χ4v) is 4.40. The number of hydrogen-bond donors (Lipinski definition) is 1. The molecule has 1 N–H and O–H groups in total. The summed E-state index contributed by atoms with van der Waals surface area (Å²) < 4.78 is 27.6. The number of aromatic nitrogens is 4. The second kappa shape index (κ2) is 7.19. The van der Waals surface area contributed by atoms with Crippen LogP contribution >= 0.6 is 0 Å². The van der Waals surface area contributed by atoms with Crippen LogP contribution in [0.2, 0.25) is 0 Å². The summed E-state index contributed by atoms with van der Waals surface area (Å²) in [4.78, 5) is 8.92. The van der Waals surface area contributed by atoms with E-state index in [0.717, 1.165) is 35.6 Å². The van der Waals surface area contributed by atoms with Gasteiger partial charge >= 0.3 is 0 Å². The molecule has 1 fully saturated rings. The monoisotopic (exact) mass is 364 g/mol. The zero-order valence-corrected chi connectivity index (χ0v) is 15.6. The molecule has 1 saturated heterocycles. The van der Waals surface area contributed by atoms with Gasteiger partial charge in [0.15, 0.2) is 0 Å². The van der Waals surface area contributed by atoms with Crippen LogP contribution in [0.4, 0.5) is 0 Å². The Morgan fingerprint density at radius 1 is 1.32 bits per heavy atom. The first-order valence-electron chi connectivity index (χ1n) is 8.38. The predicted molar refractivity (Wildman–Crippen MR) is 95.0 cm³/mol. The number of H-pyrrole nitrogens is 1. The zero-order valence-electron chi connectivity index (χ0n) is 14.8. The molecule has 25 heavy (non-hydrogen) atoms. The Morgan fingerprint density at radius 2 is 2.08 bits per heavy atom. The molecule has 0 unspecified atom stereocenters. The minimum atomic E-state index is -3.37. The molecule has 0 radical (unpaired) electrons. The van der Waals surface area contributed by atoms with E-state index in [2.05, 4.69) is 20.2 Å². The van der Waals surface area contributed by atoms with Gasteiger partial charge in [-0.25, -0.2) is 0 Å². The molecule has 0 amide bonds. The highest BCUT2D eigenvalue weighted by Crippen LogP contribution is 2.26. The van der Waals surface area contributed by atoms with Crippen LogP contribution in [-0.4, -0.2) is 64.4 Å². The van der Waals surface area contributed by atoms with Crippen molar-refractivity contribution in [2.45, 2.75) is 26.2 Å². The van der Waals surface area contributed by atoms with E-state index in [1.165, 1.54) is 4.31 Å². The largest absolute Gasteiger partial charge is 0.282 e. The standard InChI is InChI=1S/C16H24N6O2S/c1-12-9-15(20-19-12)16-14(17-6-7-18-16)10-13-5-4-8-22(11-13)25(23,24)21(2)3/h6-7,9,13H,4-5,8,10-11H2,1-3H3,(H,19,20)/t13-/m0/s1. The van der Waals surface area contributed by atoms with E-state index in [1.807, 2.05) is 13.0 Å². The van der Waals surface area contributed by atoms with Crippen LogP contribution in [0.15, 0.2) is 18.5 Å². The number of rotatable bonds is 5. The average molecular weight is 364 g/mol. The molecule has 0 aromatic carbocycles. The van der Waals surface area contributed by atoms with Gasteiger partial charge in [-0.3, -0.25) is 15.1 Å². The van der Waals surface area contributed by atoms with Gasteiger partial charge < -0.3 is 0 Å². The highest BCUT2D eigenvalue weighted by molar-refractivity contribution is 7.86. The maximum absolute atomic E-state index is 12.4. The van der Waals surface area contributed by atoms with Crippen molar-refractivity contribution in [2.75, 3.05) is 27.2 Å². The van der Waals surface area contributed by atoms with Crippen molar-refractivity contribution in [2.24, 2.45) is 5.92 Å². The van der Waals surface area contributed by atoms with Gasteiger partial charge in [0, 0.05) is 45.3 Å². The molecule has 0 bridgehead atoms. The van der Waals surface area contributed by atoms with E-state index in [1.54, 1.807) is 30.8 Å². The topological polar surface area (TPSA) is 95.1 Å². The second-order valence-corrected chi connectivity index (χ2v) is 8.79. The van der Waals surface area contributed by atoms with Crippen LogP contribution in [0.1, 0.15) is 24.2 Å². The third-order valence-corrected chi connectivity index (χ3v) is 6.38. The molecule has 1 aliphatic heterocycles. The quantitative estimate of drug-likeness (QED) is 0.861. The minimum absolute atomic E-state index is 0.221. The molecular formula is C16H24N6O2S. The number of piperidine rings is 1.